The summed E-state index contributed by atoms with van der Waals surface area (Å²) in [7, 11) is 0. The van der Waals surface area contributed by atoms with E-state index in [2.05, 4.69) is 44.8 Å². The molecule has 1 aromatic rings. The summed E-state index contributed by atoms with van der Waals surface area (Å²) in [5.41, 5.74) is 2.76. The van der Waals surface area contributed by atoms with Crippen molar-refractivity contribution in [3.05, 3.63) is 29.6 Å². The summed E-state index contributed by atoms with van der Waals surface area (Å²) in [6.45, 7) is 13.1. The number of rotatable bonds is 5. The number of hydrogen-bond acceptors (Lipinski definition) is 1. The molecule has 1 heterocycles. The van der Waals surface area contributed by atoms with Crippen molar-refractivity contribution in [2.45, 2.75) is 72.6 Å². The molecule has 0 amide bonds. The van der Waals surface area contributed by atoms with Gasteiger partial charge in [-0.2, -0.15) is 0 Å². The van der Waals surface area contributed by atoms with E-state index in [0.29, 0.717) is 11.8 Å². The Balaban J connectivity index is 0.00000121. The second-order valence-corrected chi connectivity index (χ2v) is 4.48. The quantitative estimate of drug-likeness (QED) is 0.654. The zero-order chi connectivity index (χ0) is 13.3. The average Bonchev–Trinajstić information content (AvgIpc) is 2.40. The highest BCUT2D eigenvalue weighted by Gasteiger charge is 2.14. The molecular formula is C16H29N. The Labute approximate surface area is 108 Å². The first-order chi connectivity index (χ1) is 8.20. The Hall–Kier alpha value is -0.850. The molecule has 0 spiro atoms. The number of hydrogen-bond donors (Lipinski definition) is 0. The summed E-state index contributed by atoms with van der Waals surface area (Å²) in [5.74, 6) is 1.23. The van der Waals surface area contributed by atoms with E-state index in [1.807, 2.05) is 20.0 Å². The maximum Gasteiger partial charge on any atom is 0.0466 e. The highest BCUT2D eigenvalue weighted by atomic mass is 14.7. The molecule has 1 aromatic heterocycles. The molecule has 0 fully saturated rings. The molecule has 2 atom stereocenters. The van der Waals surface area contributed by atoms with Crippen LogP contribution in [0.5, 0.6) is 0 Å². The van der Waals surface area contributed by atoms with Gasteiger partial charge < -0.3 is 0 Å². The molecule has 1 nitrogen and oxygen atoms in total. The van der Waals surface area contributed by atoms with Crippen molar-refractivity contribution < 1.29 is 0 Å². The van der Waals surface area contributed by atoms with Crippen molar-refractivity contribution in [3.8, 4) is 0 Å². The molecule has 0 saturated carbocycles. The van der Waals surface area contributed by atoms with Crippen molar-refractivity contribution >= 4 is 0 Å². The maximum atomic E-state index is 4.57. The van der Waals surface area contributed by atoms with Crippen molar-refractivity contribution in [1.29, 1.82) is 0 Å². The highest BCUT2D eigenvalue weighted by molar-refractivity contribution is 5.26. The fourth-order valence-electron chi connectivity index (χ4n) is 2.05. The molecule has 0 aliphatic heterocycles. The van der Waals surface area contributed by atoms with Crippen LogP contribution in [0, 0.1) is 0 Å². The van der Waals surface area contributed by atoms with Gasteiger partial charge >= 0.3 is 0 Å². The smallest absolute Gasteiger partial charge is 0.0466 e. The molecule has 17 heavy (non-hydrogen) atoms. The third kappa shape index (κ3) is 4.89. The molecule has 0 N–H and O–H groups in total. The standard InChI is InChI=1S/C14H23N.C2H6/c1-5-8-12(4)14-13(11(3)6-2)9-7-10-15-14;1-2/h7,9-12H,5-6,8H2,1-4H3;1-2H3. The second kappa shape index (κ2) is 9.21. The van der Waals surface area contributed by atoms with Gasteiger partial charge in [0.25, 0.3) is 0 Å². The minimum absolute atomic E-state index is 0.597. The fourth-order valence-corrected chi connectivity index (χ4v) is 2.05. The van der Waals surface area contributed by atoms with Gasteiger partial charge in [-0.15, -0.1) is 0 Å². The van der Waals surface area contributed by atoms with Gasteiger partial charge in [-0.3, -0.25) is 4.98 Å². The van der Waals surface area contributed by atoms with E-state index in [-0.39, 0.29) is 0 Å². The van der Waals surface area contributed by atoms with Crippen molar-refractivity contribution in [1.82, 2.24) is 4.98 Å². The van der Waals surface area contributed by atoms with Gasteiger partial charge in [0.1, 0.15) is 0 Å². The summed E-state index contributed by atoms with van der Waals surface area (Å²) in [4.78, 5) is 4.57. The SMILES string of the molecule is CC.CCCC(C)c1ncccc1C(C)CC. The van der Waals surface area contributed by atoms with Gasteiger partial charge in [-0.05, 0) is 36.3 Å². The Morgan fingerprint density at radius 2 is 1.76 bits per heavy atom. The maximum absolute atomic E-state index is 4.57. The summed E-state index contributed by atoms with van der Waals surface area (Å²) in [6.07, 6.45) is 5.59. The van der Waals surface area contributed by atoms with Crippen LogP contribution in [0.3, 0.4) is 0 Å². The van der Waals surface area contributed by atoms with Crippen LogP contribution in [0.2, 0.25) is 0 Å². The molecule has 0 saturated heterocycles. The molecule has 0 radical (unpaired) electrons. The number of aromatic nitrogens is 1. The molecule has 1 heteroatoms. The molecular weight excluding hydrogens is 206 g/mol. The highest BCUT2D eigenvalue weighted by Crippen LogP contribution is 2.28. The van der Waals surface area contributed by atoms with E-state index < -0.39 is 0 Å². The van der Waals surface area contributed by atoms with Crippen LogP contribution in [-0.2, 0) is 0 Å². The lowest BCUT2D eigenvalue weighted by atomic mass is 9.90. The van der Waals surface area contributed by atoms with Crippen molar-refractivity contribution in [2.24, 2.45) is 0 Å². The van der Waals surface area contributed by atoms with Gasteiger partial charge in [0.2, 0.25) is 0 Å². The Bertz CT molecular complexity index is 293. The van der Waals surface area contributed by atoms with E-state index in [9.17, 15) is 0 Å². The van der Waals surface area contributed by atoms with Gasteiger partial charge in [0, 0.05) is 11.9 Å². The van der Waals surface area contributed by atoms with E-state index in [1.165, 1.54) is 30.5 Å². The lowest BCUT2D eigenvalue weighted by Crippen LogP contribution is -2.04. The van der Waals surface area contributed by atoms with Crippen molar-refractivity contribution in [2.75, 3.05) is 0 Å². The van der Waals surface area contributed by atoms with Crippen LogP contribution in [0.4, 0.5) is 0 Å². The first-order valence-corrected chi connectivity index (χ1v) is 7.15. The van der Waals surface area contributed by atoms with Crippen LogP contribution in [0.25, 0.3) is 0 Å². The fraction of sp³-hybridized carbons (Fsp3) is 0.688. The summed E-state index contributed by atoms with van der Waals surface area (Å²) < 4.78 is 0. The van der Waals surface area contributed by atoms with Gasteiger partial charge in [0.05, 0.1) is 0 Å². The first-order valence-electron chi connectivity index (χ1n) is 7.15. The van der Waals surface area contributed by atoms with E-state index in [1.54, 1.807) is 0 Å². The number of nitrogens with zero attached hydrogens (tertiary/aromatic N) is 1. The lowest BCUT2D eigenvalue weighted by molar-refractivity contribution is 0.620. The van der Waals surface area contributed by atoms with Crippen LogP contribution >= 0.6 is 0 Å². The minimum atomic E-state index is 0.597. The third-order valence-electron chi connectivity index (χ3n) is 3.20. The summed E-state index contributed by atoms with van der Waals surface area (Å²) in [6, 6.07) is 4.30. The number of pyridine rings is 1. The van der Waals surface area contributed by atoms with Crippen LogP contribution in [0.15, 0.2) is 18.3 Å². The topological polar surface area (TPSA) is 12.9 Å². The normalized spacial score (nSPS) is 13.5. The predicted molar refractivity (Wildman–Crippen MR) is 77.6 cm³/mol. The Morgan fingerprint density at radius 3 is 2.29 bits per heavy atom. The Morgan fingerprint density at radius 1 is 1.12 bits per heavy atom. The molecule has 98 valence electrons. The zero-order valence-electron chi connectivity index (χ0n) is 12.5. The largest absolute Gasteiger partial charge is 0.261 e. The first kappa shape index (κ1) is 16.1. The van der Waals surface area contributed by atoms with Gasteiger partial charge in [-0.1, -0.05) is 54.0 Å². The van der Waals surface area contributed by atoms with Crippen LogP contribution < -0.4 is 0 Å². The third-order valence-corrected chi connectivity index (χ3v) is 3.20. The summed E-state index contributed by atoms with van der Waals surface area (Å²) >= 11 is 0. The second-order valence-electron chi connectivity index (χ2n) is 4.48. The van der Waals surface area contributed by atoms with Gasteiger partial charge in [-0.25, -0.2) is 0 Å². The molecule has 0 aliphatic rings. The summed E-state index contributed by atoms with van der Waals surface area (Å²) in [5, 5.41) is 0. The molecule has 1 rings (SSSR count). The Kier molecular flexibility index (Phi) is 8.75. The molecule has 2 unspecified atom stereocenters. The monoisotopic (exact) mass is 235 g/mol. The van der Waals surface area contributed by atoms with E-state index >= 15 is 0 Å². The average molecular weight is 235 g/mol. The van der Waals surface area contributed by atoms with Crippen molar-refractivity contribution in [3.63, 3.8) is 0 Å². The molecule has 0 bridgehead atoms. The van der Waals surface area contributed by atoms with Gasteiger partial charge in [0.15, 0.2) is 0 Å². The van der Waals surface area contributed by atoms with E-state index in [0.717, 1.165) is 0 Å². The zero-order valence-corrected chi connectivity index (χ0v) is 12.5. The van der Waals surface area contributed by atoms with E-state index in [4.69, 9.17) is 0 Å². The molecule has 0 aliphatic carbocycles. The minimum Gasteiger partial charge on any atom is -0.261 e. The van der Waals surface area contributed by atoms with Crippen LogP contribution in [0.1, 0.15) is 83.9 Å². The predicted octanol–water partition coefficient (Wildman–Crippen LogP) is 5.52. The lowest BCUT2D eigenvalue weighted by Gasteiger charge is -2.18. The van der Waals surface area contributed by atoms with Crippen LogP contribution in [-0.4, -0.2) is 4.98 Å². The molecule has 0 aromatic carbocycles.